The van der Waals surface area contributed by atoms with E-state index in [-0.39, 0.29) is 11.9 Å². The Balaban J connectivity index is 1.87. The highest BCUT2D eigenvalue weighted by Gasteiger charge is 2.30. The van der Waals surface area contributed by atoms with E-state index in [1.54, 1.807) is 0 Å². The molecule has 0 radical (unpaired) electrons. The molecule has 2 saturated heterocycles. The van der Waals surface area contributed by atoms with Gasteiger partial charge in [0.05, 0.1) is 0 Å². The minimum atomic E-state index is -0.0328. The largest absolute Gasteiger partial charge is 0.370 e. The van der Waals surface area contributed by atoms with Crippen molar-refractivity contribution in [2.45, 2.75) is 25.3 Å². The second-order valence-corrected chi connectivity index (χ2v) is 4.49. The Bertz CT molecular complexity index is 290. The topological polar surface area (TPSA) is 94.7 Å². The predicted molar refractivity (Wildman–Crippen MR) is 64.3 cm³/mol. The Hall–Kier alpha value is -1.30. The first-order valence-electron chi connectivity index (χ1n) is 5.84. The van der Waals surface area contributed by atoms with Crippen LogP contribution in [0.5, 0.6) is 0 Å². The van der Waals surface area contributed by atoms with E-state index in [2.05, 4.69) is 9.89 Å². The van der Waals surface area contributed by atoms with Crippen molar-refractivity contribution in [1.29, 1.82) is 5.41 Å². The zero-order valence-electron chi connectivity index (χ0n) is 9.52. The summed E-state index contributed by atoms with van der Waals surface area (Å²) in [7, 11) is 0. The molecule has 0 aromatic rings. The third-order valence-corrected chi connectivity index (χ3v) is 3.35. The molecule has 2 aliphatic rings. The first-order chi connectivity index (χ1) is 7.66. The minimum Gasteiger partial charge on any atom is -0.370 e. The molecule has 2 aliphatic heterocycles. The lowest BCUT2D eigenvalue weighted by Gasteiger charge is -2.23. The summed E-state index contributed by atoms with van der Waals surface area (Å²) in [5, 5.41) is 7.74. The molecule has 0 aromatic carbocycles. The maximum Gasteiger partial charge on any atom is 0.221 e. The smallest absolute Gasteiger partial charge is 0.221 e. The van der Waals surface area contributed by atoms with Crippen molar-refractivity contribution in [3.05, 3.63) is 0 Å². The van der Waals surface area contributed by atoms with Gasteiger partial charge in [-0.1, -0.05) is 0 Å². The summed E-state index contributed by atoms with van der Waals surface area (Å²) in [4.78, 5) is 8.25. The van der Waals surface area contributed by atoms with Gasteiger partial charge in [0.15, 0.2) is 5.96 Å². The van der Waals surface area contributed by atoms with Crippen LogP contribution in [0.3, 0.4) is 0 Å². The van der Waals surface area contributed by atoms with Crippen molar-refractivity contribution in [1.82, 2.24) is 9.80 Å². The van der Waals surface area contributed by atoms with Crippen LogP contribution in [0.2, 0.25) is 0 Å². The van der Waals surface area contributed by atoms with E-state index in [1.807, 2.05) is 4.90 Å². The summed E-state index contributed by atoms with van der Waals surface area (Å²) < 4.78 is 0. The van der Waals surface area contributed by atoms with Gasteiger partial charge in [0, 0.05) is 19.1 Å². The van der Waals surface area contributed by atoms with Crippen LogP contribution in [-0.4, -0.2) is 53.9 Å². The van der Waals surface area contributed by atoms with E-state index in [4.69, 9.17) is 16.9 Å². The molecule has 0 bridgehead atoms. The Morgan fingerprint density at radius 1 is 1.19 bits per heavy atom. The molecule has 2 rings (SSSR count). The highest BCUT2D eigenvalue weighted by Crippen LogP contribution is 2.20. The summed E-state index contributed by atoms with van der Waals surface area (Å²) >= 11 is 0. The molecule has 6 nitrogen and oxygen atoms in total. The molecule has 1 unspecified atom stereocenters. The number of nitrogens with one attached hydrogen (secondary N) is 1. The zero-order valence-corrected chi connectivity index (χ0v) is 9.52. The first-order valence-corrected chi connectivity index (χ1v) is 5.84. The van der Waals surface area contributed by atoms with Crippen molar-refractivity contribution < 1.29 is 0 Å². The molecular weight excluding hydrogens is 204 g/mol. The lowest BCUT2D eigenvalue weighted by molar-refractivity contribution is 0.249. The second-order valence-electron chi connectivity index (χ2n) is 4.49. The van der Waals surface area contributed by atoms with Gasteiger partial charge in [0.25, 0.3) is 0 Å². The lowest BCUT2D eigenvalue weighted by Crippen LogP contribution is -2.37. The van der Waals surface area contributed by atoms with E-state index in [0.29, 0.717) is 6.04 Å². The number of hydrogen-bond acceptors (Lipinski definition) is 2. The maximum atomic E-state index is 7.74. The highest BCUT2D eigenvalue weighted by molar-refractivity contribution is 5.91. The van der Waals surface area contributed by atoms with E-state index in [0.717, 1.165) is 19.5 Å². The molecule has 0 aliphatic carbocycles. The van der Waals surface area contributed by atoms with Gasteiger partial charge in [0.1, 0.15) is 0 Å². The molecule has 6 heteroatoms. The third kappa shape index (κ3) is 2.44. The van der Waals surface area contributed by atoms with Gasteiger partial charge < -0.3 is 16.4 Å². The highest BCUT2D eigenvalue weighted by atomic mass is 15.3. The van der Waals surface area contributed by atoms with Crippen LogP contribution in [0.25, 0.3) is 0 Å². The van der Waals surface area contributed by atoms with E-state index < -0.39 is 0 Å². The van der Waals surface area contributed by atoms with Crippen molar-refractivity contribution >= 4 is 11.9 Å². The van der Waals surface area contributed by atoms with Gasteiger partial charge >= 0.3 is 0 Å². The molecule has 5 N–H and O–H groups in total. The molecule has 0 saturated carbocycles. The van der Waals surface area contributed by atoms with Crippen molar-refractivity contribution in [3.63, 3.8) is 0 Å². The predicted octanol–water partition coefficient (Wildman–Crippen LogP) is -0.635. The van der Waals surface area contributed by atoms with E-state index in [9.17, 15) is 0 Å². The second kappa shape index (κ2) is 4.69. The number of aliphatic imine (C=N–C) groups is 1. The standard InChI is InChI=1S/C10H20N6/c11-9(12)14-10(13)16-6-3-8(7-16)15-4-1-2-5-15/h8H,1-7H2,(H5,11,12,13,14). The zero-order chi connectivity index (χ0) is 11.5. The number of hydrogen-bond donors (Lipinski definition) is 3. The minimum absolute atomic E-state index is 0.0328. The van der Waals surface area contributed by atoms with Crippen LogP contribution < -0.4 is 11.5 Å². The quantitative estimate of drug-likeness (QED) is 0.408. The normalized spacial score (nSPS) is 26.0. The van der Waals surface area contributed by atoms with Crippen molar-refractivity contribution in [2.75, 3.05) is 26.2 Å². The fourth-order valence-corrected chi connectivity index (χ4v) is 2.53. The molecule has 0 aromatic heterocycles. The van der Waals surface area contributed by atoms with Gasteiger partial charge in [-0.2, -0.15) is 4.99 Å². The third-order valence-electron chi connectivity index (χ3n) is 3.35. The molecule has 90 valence electrons. The number of likely N-dealkylation sites (tertiary alicyclic amines) is 2. The Kier molecular flexibility index (Phi) is 3.28. The SMILES string of the molecule is N=C(N=C(N)N)N1CCC(N2CCCC2)C1. The van der Waals surface area contributed by atoms with Crippen LogP contribution in [0.15, 0.2) is 4.99 Å². The number of nitrogens with zero attached hydrogens (tertiary/aromatic N) is 3. The fourth-order valence-electron chi connectivity index (χ4n) is 2.53. The van der Waals surface area contributed by atoms with Crippen molar-refractivity contribution in [3.8, 4) is 0 Å². The van der Waals surface area contributed by atoms with E-state index >= 15 is 0 Å². The first kappa shape index (κ1) is 11.2. The van der Waals surface area contributed by atoms with Gasteiger partial charge in [0.2, 0.25) is 5.96 Å². The van der Waals surface area contributed by atoms with Gasteiger partial charge in [-0.05, 0) is 32.4 Å². The van der Waals surface area contributed by atoms with E-state index in [1.165, 1.54) is 25.9 Å². The van der Waals surface area contributed by atoms with Crippen LogP contribution in [0.1, 0.15) is 19.3 Å². The maximum absolute atomic E-state index is 7.74. The molecule has 0 amide bonds. The van der Waals surface area contributed by atoms with Crippen molar-refractivity contribution in [2.24, 2.45) is 16.5 Å². The number of rotatable bonds is 1. The average molecular weight is 224 g/mol. The Morgan fingerprint density at radius 3 is 2.50 bits per heavy atom. The number of guanidine groups is 2. The summed E-state index contributed by atoms with van der Waals surface area (Å²) in [5.74, 6) is 0.163. The molecule has 2 fully saturated rings. The molecule has 1 atom stereocenters. The lowest BCUT2D eigenvalue weighted by atomic mass is 10.2. The average Bonchev–Trinajstić information content (AvgIpc) is 2.87. The summed E-state index contributed by atoms with van der Waals surface area (Å²) in [6.45, 7) is 4.18. The molecule has 16 heavy (non-hydrogen) atoms. The van der Waals surface area contributed by atoms with Crippen LogP contribution in [0.4, 0.5) is 0 Å². The van der Waals surface area contributed by atoms with Gasteiger partial charge in [-0.15, -0.1) is 0 Å². The van der Waals surface area contributed by atoms with Gasteiger partial charge in [-0.3, -0.25) is 10.3 Å². The van der Waals surface area contributed by atoms with Crippen LogP contribution in [0, 0.1) is 5.41 Å². The number of nitrogens with two attached hydrogens (primary N) is 2. The Labute approximate surface area is 95.8 Å². The summed E-state index contributed by atoms with van der Waals surface area (Å²) in [5.41, 5.74) is 10.5. The van der Waals surface area contributed by atoms with Crippen LogP contribution >= 0.6 is 0 Å². The molecule has 0 spiro atoms. The molecular formula is C10H20N6. The van der Waals surface area contributed by atoms with Gasteiger partial charge in [-0.25, -0.2) is 0 Å². The van der Waals surface area contributed by atoms with Crippen LogP contribution in [-0.2, 0) is 0 Å². The summed E-state index contributed by atoms with van der Waals surface area (Å²) in [6.07, 6.45) is 3.73. The Morgan fingerprint density at radius 2 is 1.88 bits per heavy atom. The fraction of sp³-hybridized carbons (Fsp3) is 0.800. The monoisotopic (exact) mass is 224 g/mol. The summed E-state index contributed by atoms with van der Waals surface area (Å²) in [6, 6.07) is 0.581. The molecule has 2 heterocycles.